The Hall–Kier alpha value is -3.16. The number of aliphatic hydroxyl groups excluding tert-OH is 1. The summed E-state index contributed by atoms with van der Waals surface area (Å²) in [6.45, 7) is 5.57. The Labute approximate surface area is 236 Å². The van der Waals surface area contributed by atoms with Crippen LogP contribution in [0, 0.1) is 27.9 Å². The molecule has 0 aromatic heterocycles. The van der Waals surface area contributed by atoms with E-state index in [1.807, 2.05) is 14.0 Å². The van der Waals surface area contributed by atoms with Crippen LogP contribution in [0.3, 0.4) is 0 Å². The first-order valence-corrected chi connectivity index (χ1v) is 14.4. The second-order valence-corrected chi connectivity index (χ2v) is 12.6. The number of non-ortho nitro benzene ring substituents is 1. The first-order chi connectivity index (χ1) is 19.0. The Morgan fingerprint density at radius 1 is 1.25 bits per heavy atom. The molecule has 0 radical (unpaired) electrons. The molecule has 2 amide bonds. The van der Waals surface area contributed by atoms with Gasteiger partial charge in [0.15, 0.2) is 0 Å². The second kappa shape index (κ2) is 11.0. The first kappa shape index (κ1) is 28.4. The number of nitrogens with zero attached hydrogens (tertiary/aromatic N) is 4. The Bertz CT molecular complexity index is 1240. The van der Waals surface area contributed by atoms with Gasteiger partial charge in [-0.15, -0.1) is 11.8 Å². The first-order valence-electron chi connectivity index (χ1n) is 13.5. The molecule has 0 spiro atoms. The van der Waals surface area contributed by atoms with Gasteiger partial charge in [-0.25, -0.2) is 9.59 Å². The van der Waals surface area contributed by atoms with Crippen molar-refractivity contribution in [2.75, 3.05) is 26.7 Å². The number of benzene rings is 1. The van der Waals surface area contributed by atoms with E-state index in [0.717, 1.165) is 19.5 Å². The molecule has 40 heavy (non-hydrogen) atoms. The van der Waals surface area contributed by atoms with Gasteiger partial charge in [-0.2, -0.15) is 0 Å². The van der Waals surface area contributed by atoms with Crippen LogP contribution in [0.4, 0.5) is 10.5 Å². The van der Waals surface area contributed by atoms with Crippen LogP contribution in [-0.4, -0.2) is 97.9 Å². The van der Waals surface area contributed by atoms with E-state index in [0.29, 0.717) is 23.4 Å². The molecule has 4 aliphatic heterocycles. The van der Waals surface area contributed by atoms with Gasteiger partial charge in [0, 0.05) is 47.3 Å². The molecule has 4 aliphatic rings. The lowest BCUT2D eigenvalue weighted by atomic mass is 9.79. The van der Waals surface area contributed by atoms with Crippen molar-refractivity contribution < 1.29 is 34.3 Å². The number of hydrogen-bond acceptors (Lipinski definition) is 9. The summed E-state index contributed by atoms with van der Waals surface area (Å²) in [5.74, 6) is -2.15. The molecule has 216 valence electrons. The number of carboxylic acid groups (broad SMARTS) is 1. The number of aliphatic carboxylic acids is 1. The lowest BCUT2D eigenvalue weighted by Crippen LogP contribution is -2.63. The third kappa shape index (κ3) is 5.06. The largest absolute Gasteiger partial charge is 0.477 e. The fourth-order valence-corrected chi connectivity index (χ4v) is 8.19. The zero-order chi connectivity index (χ0) is 28.9. The molecule has 0 aliphatic carbocycles. The number of likely N-dealkylation sites (tertiary alicyclic amines) is 2. The average molecular weight is 575 g/mol. The van der Waals surface area contributed by atoms with Crippen LogP contribution in [0.5, 0.6) is 0 Å². The Kier molecular flexibility index (Phi) is 7.81. The van der Waals surface area contributed by atoms with Crippen molar-refractivity contribution in [3.8, 4) is 0 Å². The number of carbonyl (C=O) groups is 3. The maximum atomic E-state index is 13.3. The van der Waals surface area contributed by atoms with Crippen molar-refractivity contribution in [3.05, 3.63) is 50.5 Å². The molecule has 1 aromatic carbocycles. The zero-order valence-electron chi connectivity index (χ0n) is 22.6. The molecular weight excluding hydrogens is 540 g/mol. The third-order valence-corrected chi connectivity index (χ3v) is 10.1. The predicted molar refractivity (Wildman–Crippen MR) is 145 cm³/mol. The smallest absolute Gasteiger partial charge is 0.410 e. The lowest BCUT2D eigenvalue weighted by Gasteiger charge is -2.46. The van der Waals surface area contributed by atoms with Crippen molar-refractivity contribution in [3.63, 3.8) is 0 Å². The minimum absolute atomic E-state index is 0.0132. The fourth-order valence-electron chi connectivity index (χ4n) is 6.65. The highest BCUT2D eigenvalue weighted by molar-refractivity contribution is 8.03. The van der Waals surface area contributed by atoms with E-state index < -0.39 is 29.0 Å². The Morgan fingerprint density at radius 3 is 2.52 bits per heavy atom. The van der Waals surface area contributed by atoms with Gasteiger partial charge in [0.1, 0.15) is 12.3 Å². The molecule has 12 nitrogen and oxygen atoms in total. The highest BCUT2D eigenvalue weighted by atomic mass is 32.2. The van der Waals surface area contributed by atoms with Crippen LogP contribution >= 0.6 is 11.8 Å². The van der Waals surface area contributed by atoms with E-state index in [4.69, 9.17) is 4.74 Å². The Morgan fingerprint density at radius 2 is 1.95 bits per heavy atom. The number of hydrogen-bond donors (Lipinski definition) is 2. The summed E-state index contributed by atoms with van der Waals surface area (Å²) < 4.78 is 5.63. The van der Waals surface area contributed by atoms with Gasteiger partial charge in [0.2, 0.25) is 5.91 Å². The second-order valence-electron chi connectivity index (χ2n) is 11.3. The summed E-state index contributed by atoms with van der Waals surface area (Å²) in [4.78, 5) is 54.6. The average Bonchev–Trinajstić information content (AvgIpc) is 3.58. The molecule has 0 saturated carbocycles. The van der Waals surface area contributed by atoms with E-state index in [9.17, 15) is 34.7 Å². The zero-order valence-corrected chi connectivity index (χ0v) is 23.5. The Balaban J connectivity index is 1.32. The van der Waals surface area contributed by atoms with E-state index in [2.05, 4.69) is 4.90 Å². The highest BCUT2D eigenvalue weighted by Crippen LogP contribution is 2.52. The van der Waals surface area contributed by atoms with Crippen molar-refractivity contribution in [1.82, 2.24) is 14.7 Å². The molecule has 4 heterocycles. The molecule has 3 fully saturated rings. The summed E-state index contributed by atoms with van der Waals surface area (Å²) in [6, 6.07) is 5.39. The van der Waals surface area contributed by atoms with Crippen LogP contribution in [0.15, 0.2) is 34.9 Å². The number of thioether (sulfide) groups is 1. The van der Waals surface area contributed by atoms with Crippen molar-refractivity contribution >= 4 is 35.4 Å². The molecule has 2 N–H and O–H groups in total. The number of β-lactam (4-membered cyclic amide) rings is 1. The molecule has 5 rings (SSSR count). The van der Waals surface area contributed by atoms with Crippen LogP contribution in [0.2, 0.25) is 0 Å². The monoisotopic (exact) mass is 574 g/mol. The van der Waals surface area contributed by atoms with Crippen LogP contribution < -0.4 is 0 Å². The van der Waals surface area contributed by atoms with E-state index in [1.165, 1.54) is 28.8 Å². The molecule has 1 aromatic rings. The number of fused-ring (bicyclic) bond motifs is 1. The number of rotatable bonds is 8. The molecule has 13 heteroatoms. The van der Waals surface area contributed by atoms with Crippen LogP contribution in [0.25, 0.3) is 0 Å². The highest BCUT2D eigenvalue weighted by Gasteiger charge is 2.60. The summed E-state index contributed by atoms with van der Waals surface area (Å²) in [5.41, 5.74) is 0.585. The van der Waals surface area contributed by atoms with Gasteiger partial charge in [-0.3, -0.25) is 14.9 Å². The fraction of sp³-hybridized carbons (Fsp3) is 0.593. The van der Waals surface area contributed by atoms with E-state index in [1.54, 1.807) is 24.0 Å². The van der Waals surface area contributed by atoms with Gasteiger partial charge in [0.25, 0.3) is 5.69 Å². The summed E-state index contributed by atoms with van der Waals surface area (Å²) in [7, 11) is 2.04. The lowest BCUT2D eigenvalue weighted by molar-refractivity contribution is -0.384. The van der Waals surface area contributed by atoms with E-state index in [-0.39, 0.29) is 53.1 Å². The SMILES string of the molecule is C[C@@H](O)[C@H]1C(=O)N2C(C(=O)O)=C(S[C@H]3C[C@@H](C4CCN(C)C4)N(C(=O)OCc4ccc([N+](=O)[O-])cc4)C3)[C@H](C)[C@H]12. The summed E-state index contributed by atoms with van der Waals surface area (Å²) in [6.07, 6.45) is 0.259. The number of amides is 2. The molecular formula is C27H34N4O8S. The normalized spacial score (nSPS) is 30.9. The number of nitro groups is 1. The minimum atomic E-state index is -1.17. The number of aliphatic hydroxyl groups is 1. The van der Waals surface area contributed by atoms with Gasteiger partial charge in [-0.05, 0) is 57.0 Å². The minimum Gasteiger partial charge on any atom is -0.477 e. The van der Waals surface area contributed by atoms with Crippen LogP contribution in [-0.2, 0) is 20.9 Å². The maximum absolute atomic E-state index is 13.3. The van der Waals surface area contributed by atoms with Crippen molar-refractivity contribution in [2.45, 2.75) is 56.7 Å². The molecule has 1 unspecified atom stereocenters. The quantitative estimate of drug-likeness (QED) is 0.269. The van der Waals surface area contributed by atoms with Crippen LogP contribution in [0.1, 0.15) is 32.3 Å². The topological polar surface area (TPSA) is 154 Å². The molecule has 7 atom stereocenters. The predicted octanol–water partition coefficient (Wildman–Crippen LogP) is 2.51. The van der Waals surface area contributed by atoms with Crippen molar-refractivity contribution in [1.29, 1.82) is 0 Å². The number of nitro benzene ring substituents is 1. The van der Waals surface area contributed by atoms with Gasteiger partial charge in [-0.1, -0.05) is 6.92 Å². The van der Waals surface area contributed by atoms with Crippen molar-refractivity contribution in [2.24, 2.45) is 17.8 Å². The standard InChI is InChI=1S/C27H34N4O8S/c1-14-22-21(15(2)32)25(33)30(22)23(26(34)35)24(14)40-19-10-20(17-8-9-28(3)11-17)29(12-19)27(36)39-13-16-4-6-18(7-5-16)31(37)38/h4-7,14-15,17,19-22,32H,8-13H2,1-3H3,(H,34,35)/t14-,15-,17?,19+,20+,21-,22-/m1/s1. The number of ether oxygens (including phenoxy) is 1. The van der Waals surface area contributed by atoms with E-state index >= 15 is 0 Å². The number of carboxylic acids is 1. The molecule has 3 saturated heterocycles. The van der Waals surface area contributed by atoms with Gasteiger partial charge >= 0.3 is 12.1 Å². The third-order valence-electron chi connectivity index (χ3n) is 8.63. The summed E-state index contributed by atoms with van der Waals surface area (Å²) in [5, 5.41) is 31.0. The summed E-state index contributed by atoms with van der Waals surface area (Å²) >= 11 is 1.42. The maximum Gasteiger partial charge on any atom is 0.410 e. The number of carbonyl (C=O) groups excluding carboxylic acids is 2. The molecule has 0 bridgehead atoms. The van der Waals surface area contributed by atoms with Gasteiger partial charge < -0.3 is 29.6 Å². The van der Waals surface area contributed by atoms with Gasteiger partial charge in [0.05, 0.1) is 23.0 Å².